The molecule has 0 amide bonds. The number of fused-ring (bicyclic) bond motifs is 2. The zero-order valence-electron chi connectivity index (χ0n) is 38.4. The topological polar surface area (TPSA) is 299 Å². The van der Waals surface area contributed by atoms with Crippen LogP contribution >= 0.6 is 0 Å². The zero-order valence-corrected chi connectivity index (χ0v) is 38.4. The number of carbonyl (C=O) groups excluding carboxylic acids is 2. The number of rotatable bonds is 13. The minimum atomic E-state index is -1.90. The third-order valence-corrected chi connectivity index (χ3v) is 13.8. The number of methoxy groups -OCH3 is 1. The van der Waals surface area contributed by atoms with E-state index in [1.807, 2.05) is 0 Å². The number of ether oxygens (including phenoxy) is 9. The van der Waals surface area contributed by atoms with Gasteiger partial charge in [-0.2, -0.15) is 0 Å². The summed E-state index contributed by atoms with van der Waals surface area (Å²) < 4.78 is 54.2. The highest BCUT2D eigenvalue weighted by molar-refractivity contribution is 6.11. The molecule has 20 atom stereocenters. The summed E-state index contributed by atoms with van der Waals surface area (Å²) in [5, 5.41) is 98.2. The molecule has 4 unspecified atom stereocenters. The molecule has 0 radical (unpaired) electrons. The fraction of sp³-hybridized carbons (Fsp3) is 0.739. The number of phenolic OH excluding ortho intramolecular Hbond substituents is 2. The van der Waals surface area contributed by atoms with Gasteiger partial charge >= 0.3 is 0 Å². The van der Waals surface area contributed by atoms with Crippen LogP contribution in [0.4, 0.5) is 0 Å². The van der Waals surface area contributed by atoms with Gasteiger partial charge < -0.3 is 88.6 Å². The smallest absolute Gasteiger partial charge is 0.200 e. The van der Waals surface area contributed by atoms with Gasteiger partial charge in [-0.05, 0) is 84.4 Å². The molecular weight excluding hydrogens is 872 g/mol. The molecule has 7 rings (SSSR count). The summed E-state index contributed by atoms with van der Waals surface area (Å²) in [4.78, 5) is 28.6. The van der Waals surface area contributed by atoms with E-state index in [1.54, 1.807) is 46.8 Å². The summed E-state index contributed by atoms with van der Waals surface area (Å²) in [7, 11) is 1.20. The van der Waals surface area contributed by atoms with Gasteiger partial charge in [0.2, 0.25) is 0 Å². The Labute approximate surface area is 382 Å². The Morgan fingerprint density at radius 2 is 1.38 bits per heavy atom. The monoisotopic (exact) mass is 938 g/mol. The van der Waals surface area contributed by atoms with Crippen molar-refractivity contribution >= 4 is 22.3 Å². The molecule has 2 aromatic rings. The van der Waals surface area contributed by atoms with Crippen molar-refractivity contribution in [2.75, 3.05) is 7.11 Å². The Kier molecular flexibility index (Phi) is 15.4. The molecule has 370 valence electrons. The molecule has 4 fully saturated rings. The van der Waals surface area contributed by atoms with Crippen LogP contribution in [0.25, 0.3) is 10.8 Å². The van der Waals surface area contributed by atoms with Crippen LogP contribution in [0.3, 0.4) is 0 Å². The number of carbonyl (C=O) groups is 2. The third-order valence-electron chi connectivity index (χ3n) is 13.8. The maximum Gasteiger partial charge on any atom is 0.200 e. The first-order valence-electron chi connectivity index (χ1n) is 22.7. The highest BCUT2D eigenvalue weighted by atomic mass is 16.7. The Morgan fingerprint density at radius 1 is 0.803 bits per heavy atom. The second-order valence-electron chi connectivity index (χ2n) is 18.9. The zero-order chi connectivity index (χ0) is 48.3. The second-order valence-corrected chi connectivity index (χ2v) is 18.9. The van der Waals surface area contributed by atoms with Crippen LogP contribution in [0.1, 0.15) is 95.1 Å². The van der Waals surface area contributed by atoms with Crippen LogP contribution in [-0.4, -0.2) is 181 Å². The minimum Gasteiger partial charge on any atom is -0.507 e. The van der Waals surface area contributed by atoms with Gasteiger partial charge in [0.15, 0.2) is 36.7 Å². The Bertz CT molecular complexity index is 2060. The van der Waals surface area contributed by atoms with Crippen LogP contribution in [0.2, 0.25) is 0 Å². The van der Waals surface area contributed by atoms with E-state index in [1.165, 1.54) is 21.0 Å². The lowest BCUT2D eigenvalue weighted by Gasteiger charge is -2.46. The van der Waals surface area contributed by atoms with E-state index >= 15 is 0 Å². The first kappa shape index (κ1) is 50.7. The SMILES string of the molecule is CO[C@H](C(=O)[C@@H](O)[C@@H](C)O)[C@@H]1Cc2cc3cc(O[C@H]4CC[C@H](O)C(C)O4)c(C)c(O)c3c(O)c2C(=O)[C@H]1O[C@H]1C[C@@H](O[C@H]2C[C@@H](O[C@H]3C[C@](C)(O)[C@H](O)C(C)O3)[C@@H](O)C(C)O2)[C@H](O)C(C)O1. The van der Waals surface area contributed by atoms with Gasteiger partial charge in [-0.15, -0.1) is 0 Å². The van der Waals surface area contributed by atoms with Gasteiger partial charge in [-0.25, -0.2) is 0 Å². The molecule has 4 aliphatic heterocycles. The van der Waals surface area contributed by atoms with Crippen LogP contribution < -0.4 is 4.74 Å². The van der Waals surface area contributed by atoms with Crippen molar-refractivity contribution in [1.82, 2.24) is 0 Å². The summed E-state index contributed by atoms with van der Waals surface area (Å²) in [6.45, 7) is 10.7. The Morgan fingerprint density at radius 3 is 1.95 bits per heavy atom. The van der Waals surface area contributed by atoms with E-state index < -0.39 is 139 Å². The molecule has 0 spiro atoms. The van der Waals surface area contributed by atoms with Crippen LogP contribution in [-0.2, 0) is 49.1 Å². The van der Waals surface area contributed by atoms with E-state index in [0.717, 1.165) is 0 Å². The molecule has 5 aliphatic rings. The minimum absolute atomic E-state index is 0.0392. The number of aromatic hydroxyl groups is 2. The van der Waals surface area contributed by atoms with Crippen LogP contribution in [0, 0.1) is 12.8 Å². The first-order chi connectivity index (χ1) is 31.0. The predicted molar refractivity (Wildman–Crippen MR) is 227 cm³/mol. The fourth-order valence-electron chi connectivity index (χ4n) is 9.84. The largest absolute Gasteiger partial charge is 0.507 e. The number of hydrogen-bond acceptors (Lipinski definition) is 20. The average molecular weight is 939 g/mol. The molecule has 0 aromatic heterocycles. The molecule has 0 saturated carbocycles. The third kappa shape index (κ3) is 10.1. The molecule has 20 heteroatoms. The highest BCUT2D eigenvalue weighted by Gasteiger charge is 2.51. The summed E-state index contributed by atoms with van der Waals surface area (Å²) in [6.07, 6.45) is -19.5. The summed E-state index contributed by atoms with van der Waals surface area (Å²) in [6, 6.07) is 3.15. The molecule has 1 aliphatic carbocycles. The van der Waals surface area contributed by atoms with Gasteiger partial charge in [0, 0.05) is 44.3 Å². The standard InChI is InChI=1S/C46H66O20/c1-17-27(63-30-10-9-26(48)19(3)59-30)13-24-11-23-12-25(43(58-8)42(55)37(50)18(2)47)44(41(54)35(23)40(53)34(24)36(17)49)66-32-15-28(38(51)21(5)61-32)64-31-14-29(39(52)20(4)60-31)65-33-16-46(7,57)45(56)22(6)62-33/h11,13,18-22,25-26,28-33,37-39,43-45,47-53,56-57H,9-10,12,14-16H2,1-8H3/t18-,19?,20?,21?,22?,25+,26+,28-,29-,30+,31+,32+,33+,37+,38-,39+,43+,44+,45-,46+/m1/s1. The molecule has 4 heterocycles. The van der Waals surface area contributed by atoms with Crippen molar-refractivity contribution in [2.45, 2.75) is 203 Å². The van der Waals surface area contributed by atoms with E-state index in [0.29, 0.717) is 12.8 Å². The second kappa shape index (κ2) is 20.1. The highest BCUT2D eigenvalue weighted by Crippen LogP contribution is 2.47. The van der Waals surface area contributed by atoms with E-state index in [4.69, 9.17) is 42.6 Å². The lowest BCUT2D eigenvalue weighted by molar-refractivity contribution is -0.334. The summed E-state index contributed by atoms with van der Waals surface area (Å²) >= 11 is 0. The molecule has 0 bridgehead atoms. The van der Waals surface area contributed by atoms with Crippen LogP contribution in [0.5, 0.6) is 17.2 Å². The number of benzene rings is 2. The Hall–Kier alpha value is -3.16. The van der Waals surface area contributed by atoms with Crippen molar-refractivity contribution in [3.63, 3.8) is 0 Å². The lowest BCUT2D eigenvalue weighted by Crippen LogP contribution is -2.58. The van der Waals surface area contributed by atoms with Gasteiger partial charge in [-0.3, -0.25) is 9.59 Å². The van der Waals surface area contributed by atoms with Crippen molar-refractivity contribution in [3.8, 4) is 17.2 Å². The molecule has 2 aromatic carbocycles. The number of phenols is 2. The first-order valence-corrected chi connectivity index (χ1v) is 22.7. The normalized spacial score (nSPS) is 40.1. The molecule has 4 saturated heterocycles. The summed E-state index contributed by atoms with van der Waals surface area (Å²) in [5.41, 5.74) is -1.23. The molecular formula is C46H66O20. The van der Waals surface area contributed by atoms with Crippen LogP contribution in [0.15, 0.2) is 12.1 Å². The van der Waals surface area contributed by atoms with E-state index in [-0.39, 0.29) is 64.6 Å². The molecule has 20 nitrogen and oxygen atoms in total. The quantitative estimate of drug-likeness (QED) is 0.135. The van der Waals surface area contributed by atoms with E-state index in [2.05, 4.69) is 0 Å². The van der Waals surface area contributed by atoms with Crippen molar-refractivity contribution < 1.29 is 98.2 Å². The van der Waals surface area contributed by atoms with Gasteiger partial charge in [0.1, 0.15) is 53.9 Å². The Balaban J connectivity index is 1.15. The van der Waals surface area contributed by atoms with Crippen molar-refractivity contribution in [2.24, 2.45) is 5.92 Å². The predicted octanol–water partition coefficient (Wildman–Crippen LogP) is 0.899. The van der Waals surface area contributed by atoms with Crippen molar-refractivity contribution in [3.05, 3.63) is 28.8 Å². The maximum absolute atomic E-state index is 14.8. The van der Waals surface area contributed by atoms with Gasteiger partial charge in [0.05, 0.1) is 65.4 Å². The summed E-state index contributed by atoms with van der Waals surface area (Å²) in [5.74, 6) is -3.64. The maximum atomic E-state index is 14.8. The number of aliphatic hydroxyl groups is 7. The number of Topliss-reactive ketones (excluding diaryl/α,β-unsaturated/α-hetero) is 2. The van der Waals surface area contributed by atoms with Gasteiger partial charge in [0.25, 0.3) is 0 Å². The average Bonchev–Trinajstić information content (AvgIpc) is 3.24. The number of hydrogen-bond donors (Lipinski definition) is 9. The fourth-order valence-corrected chi connectivity index (χ4v) is 9.84. The lowest BCUT2D eigenvalue weighted by atomic mass is 9.75. The molecule has 9 N–H and O–H groups in total. The van der Waals surface area contributed by atoms with Gasteiger partial charge in [-0.1, -0.05) is 0 Å². The number of ketones is 2. The van der Waals surface area contributed by atoms with E-state index in [9.17, 15) is 55.5 Å². The van der Waals surface area contributed by atoms with Crippen molar-refractivity contribution in [1.29, 1.82) is 0 Å². The molecule has 66 heavy (non-hydrogen) atoms. The number of aliphatic hydroxyl groups excluding tert-OH is 6.